The molecule has 0 saturated carbocycles. The number of aromatic nitrogens is 8. The van der Waals surface area contributed by atoms with Crippen molar-refractivity contribution in [3.63, 3.8) is 0 Å². The van der Waals surface area contributed by atoms with E-state index in [0.29, 0.717) is 17.0 Å². The van der Waals surface area contributed by atoms with Crippen LogP contribution in [0.4, 0.5) is 5.95 Å². The van der Waals surface area contributed by atoms with Crippen LogP contribution >= 0.6 is 0 Å². The normalized spacial score (nSPS) is 15.9. The molecule has 5 heterocycles. The lowest BCUT2D eigenvalue weighted by Crippen LogP contribution is -2.35. The molecule has 4 aromatic rings. The number of hydrogen-bond donors (Lipinski definition) is 1. The minimum atomic E-state index is -0.159. The highest BCUT2D eigenvalue weighted by Gasteiger charge is 2.26. The minimum Gasteiger partial charge on any atom is -0.342 e. The molecule has 1 saturated heterocycles. The first-order valence-corrected chi connectivity index (χ1v) is 8.96. The van der Waals surface area contributed by atoms with Gasteiger partial charge in [-0.3, -0.25) is 14.5 Å². The molecule has 1 N–H and O–H groups in total. The second-order valence-corrected chi connectivity index (χ2v) is 6.96. The molecule has 0 aliphatic carbocycles. The number of H-pyrrole nitrogens is 1. The van der Waals surface area contributed by atoms with Crippen LogP contribution in [0, 0.1) is 6.92 Å². The molecule has 0 amide bonds. The summed E-state index contributed by atoms with van der Waals surface area (Å²) in [6, 6.07) is 3.87. The van der Waals surface area contributed by atoms with Crippen LogP contribution in [0.3, 0.4) is 0 Å². The van der Waals surface area contributed by atoms with Crippen LogP contribution in [-0.4, -0.2) is 52.6 Å². The predicted octanol–water partition coefficient (Wildman–Crippen LogP) is 0.787. The van der Waals surface area contributed by atoms with Crippen molar-refractivity contribution in [1.29, 1.82) is 0 Å². The molecule has 10 heteroatoms. The number of rotatable bonds is 2. The molecule has 1 aliphatic heterocycles. The third-order valence-corrected chi connectivity index (χ3v) is 5.17. The number of hydrogen-bond acceptors (Lipinski definition) is 7. The van der Waals surface area contributed by atoms with Gasteiger partial charge in [-0.15, -0.1) is 10.2 Å². The van der Waals surface area contributed by atoms with Crippen molar-refractivity contribution in [2.75, 3.05) is 18.0 Å². The molecular formula is C17H19N9O. The lowest BCUT2D eigenvalue weighted by Gasteiger charge is -2.31. The first kappa shape index (κ1) is 15.9. The third kappa shape index (κ3) is 2.56. The molecule has 138 valence electrons. The lowest BCUT2D eigenvalue weighted by atomic mass is 9.96. The predicted molar refractivity (Wildman–Crippen MR) is 98.8 cm³/mol. The zero-order valence-electron chi connectivity index (χ0n) is 15.1. The van der Waals surface area contributed by atoms with Crippen molar-refractivity contribution in [3.05, 3.63) is 40.2 Å². The van der Waals surface area contributed by atoms with Crippen molar-refractivity contribution in [2.45, 2.75) is 25.7 Å². The van der Waals surface area contributed by atoms with Gasteiger partial charge in [0.1, 0.15) is 5.39 Å². The quantitative estimate of drug-likeness (QED) is 0.559. The fourth-order valence-electron chi connectivity index (χ4n) is 3.67. The number of anilines is 1. The molecule has 27 heavy (non-hydrogen) atoms. The molecule has 0 bridgehead atoms. The standard InChI is InChI=1S/C17H19N9O/c1-10-3-4-13-21-22-14(26(13)23-10)11-5-7-25(8-6-11)17-19-15-12(16(27)20-17)9-18-24(15)2/h3-4,9,11H,5-8H2,1-2H3,(H,19,20,27). The maximum atomic E-state index is 12.3. The summed E-state index contributed by atoms with van der Waals surface area (Å²) in [6.45, 7) is 3.51. The second kappa shape index (κ2) is 5.86. The molecule has 0 unspecified atom stereocenters. The Kier molecular flexibility index (Phi) is 3.46. The molecule has 0 atom stereocenters. The zero-order valence-corrected chi connectivity index (χ0v) is 15.1. The van der Waals surface area contributed by atoms with Crippen molar-refractivity contribution < 1.29 is 0 Å². The van der Waals surface area contributed by atoms with Gasteiger partial charge in [0.25, 0.3) is 5.56 Å². The molecule has 10 nitrogen and oxygen atoms in total. The average molecular weight is 365 g/mol. The topological polar surface area (TPSA) is 110 Å². The van der Waals surface area contributed by atoms with Crippen molar-refractivity contribution >= 4 is 22.6 Å². The van der Waals surface area contributed by atoms with Gasteiger partial charge in [-0.1, -0.05) is 0 Å². The van der Waals surface area contributed by atoms with Crippen LogP contribution in [-0.2, 0) is 7.05 Å². The molecular weight excluding hydrogens is 346 g/mol. The number of fused-ring (bicyclic) bond motifs is 2. The number of nitrogens with one attached hydrogen (secondary N) is 1. The summed E-state index contributed by atoms with van der Waals surface area (Å²) in [7, 11) is 1.79. The monoisotopic (exact) mass is 365 g/mol. The van der Waals surface area contributed by atoms with Gasteiger partial charge >= 0.3 is 0 Å². The van der Waals surface area contributed by atoms with E-state index in [9.17, 15) is 4.79 Å². The van der Waals surface area contributed by atoms with Gasteiger partial charge in [0.2, 0.25) is 5.95 Å². The Morgan fingerprint density at radius 3 is 2.81 bits per heavy atom. The molecule has 1 fully saturated rings. The number of nitrogens with zero attached hydrogens (tertiary/aromatic N) is 8. The maximum absolute atomic E-state index is 12.3. The highest BCUT2D eigenvalue weighted by molar-refractivity contribution is 5.74. The van der Waals surface area contributed by atoms with E-state index < -0.39 is 0 Å². The first-order valence-electron chi connectivity index (χ1n) is 8.96. The molecule has 0 aromatic carbocycles. The molecule has 1 aliphatic rings. The Bertz CT molecular complexity index is 1200. The van der Waals surface area contributed by atoms with E-state index in [1.807, 2.05) is 23.6 Å². The van der Waals surface area contributed by atoms with E-state index in [0.717, 1.165) is 43.1 Å². The molecule has 5 rings (SSSR count). The maximum Gasteiger partial charge on any atom is 0.263 e. The summed E-state index contributed by atoms with van der Waals surface area (Å²) >= 11 is 0. The van der Waals surface area contributed by atoms with Gasteiger partial charge < -0.3 is 4.90 Å². The Morgan fingerprint density at radius 2 is 2.00 bits per heavy atom. The number of piperidine rings is 1. The number of aryl methyl sites for hydroxylation is 2. The van der Waals surface area contributed by atoms with Crippen molar-refractivity contribution in [1.82, 2.24) is 39.6 Å². The van der Waals surface area contributed by atoms with Crippen LogP contribution in [0.2, 0.25) is 0 Å². The summed E-state index contributed by atoms with van der Waals surface area (Å²) in [6.07, 6.45) is 3.33. The van der Waals surface area contributed by atoms with Gasteiger partial charge in [0.15, 0.2) is 17.1 Å². The summed E-state index contributed by atoms with van der Waals surface area (Å²) in [5.41, 5.74) is 2.14. The van der Waals surface area contributed by atoms with E-state index in [1.165, 1.54) is 0 Å². The van der Waals surface area contributed by atoms with Crippen LogP contribution in [0.25, 0.3) is 16.7 Å². The van der Waals surface area contributed by atoms with Gasteiger partial charge in [0, 0.05) is 26.1 Å². The Balaban J connectivity index is 1.40. The smallest absolute Gasteiger partial charge is 0.263 e. The third-order valence-electron chi connectivity index (χ3n) is 5.17. The van der Waals surface area contributed by atoms with Crippen LogP contribution < -0.4 is 10.5 Å². The van der Waals surface area contributed by atoms with E-state index >= 15 is 0 Å². The second-order valence-electron chi connectivity index (χ2n) is 6.96. The van der Waals surface area contributed by atoms with E-state index in [-0.39, 0.29) is 11.5 Å². The number of aromatic amines is 1. The Morgan fingerprint density at radius 1 is 1.19 bits per heavy atom. The van der Waals surface area contributed by atoms with E-state index in [1.54, 1.807) is 17.9 Å². The van der Waals surface area contributed by atoms with Crippen molar-refractivity contribution in [3.8, 4) is 0 Å². The molecule has 0 spiro atoms. The van der Waals surface area contributed by atoms with Gasteiger partial charge in [-0.25, -0.2) is 0 Å². The summed E-state index contributed by atoms with van der Waals surface area (Å²) in [4.78, 5) is 21.9. The molecule has 0 radical (unpaired) electrons. The van der Waals surface area contributed by atoms with Gasteiger partial charge in [-0.2, -0.15) is 19.7 Å². The van der Waals surface area contributed by atoms with Crippen LogP contribution in [0.5, 0.6) is 0 Å². The highest BCUT2D eigenvalue weighted by Crippen LogP contribution is 2.28. The van der Waals surface area contributed by atoms with E-state index in [2.05, 4.69) is 35.3 Å². The van der Waals surface area contributed by atoms with Crippen molar-refractivity contribution in [2.24, 2.45) is 7.05 Å². The average Bonchev–Trinajstić information content (AvgIpc) is 3.26. The zero-order chi connectivity index (χ0) is 18.5. The Hall–Kier alpha value is -3.30. The summed E-state index contributed by atoms with van der Waals surface area (Å²) < 4.78 is 3.47. The van der Waals surface area contributed by atoms with Crippen LogP contribution in [0.1, 0.15) is 30.3 Å². The largest absolute Gasteiger partial charge is 0.342 e. The SMILES string of the molecule is Cc1ccc2nnc(C3CCN(c4nc5c(cnn5C)c(=O)[nH]4)CC3)n2n1. The summed E-state index contributed by atoms with van der Waals surface area (Å²) in [5.74, 6) is 1.77. The summed E-state index contributed by atoms with van der Waals surface area (Å²) in [5, 5.41) is 17.8. The Labute approximate surface area is 153 Å². The fraction of sp³-hybridized carbons (Fsp3) is 0.412. The lowest BCUT2D eigenvalue weighted by molar-refractivity contribution is 0.472. The van der Waals surface area contributed by atoms with Gasteiger partial charge in [-0.05, 0) is 31.9 Å². The fourth-order valence-corrected chi connectivity index (χ4v) is 3.67. The minimum absolute atomic E-state index is 0.159. The van der Waals surface area contributed by atoms with E-state index in [4.69, 9.17) is 0 Å². The first-order chi connectivity index (χ1) is 13.1. The van der Waals surface area contributed by atoms with Crippen LogP contribution in [0.15, 0.2) is 23.1 Å². The highest BCUT2D eigenvalue weighted by atomic mass is 16.1. The molecule has 4 aromatic heterocycles. The van der Waals surface area contributed by atoms with Gasteiger partial charge in [0.05, 0.1) is 11.9 Å².